The van der Waals surface area contributed by atoms with Crippen molar-refractivity contribution in [3.8, 4) is 0 Å². The van der Waals surface area contributed by atoms with Crippen LogP contribution >= 0.6 is 0 Å². The van der Waals surface area contributed by atoms with Crippen LogP contribution in [0.3, 0.4) is 0 Å². The minimum Gasteiger partial charge on any atom is -0.396 e. The molecule has 4 aliphatic rings. The number of hydrogen-bond donors (Lipinski definition) is 4. The Bertz CT molecular complexity index is 1890. The summed E-state index contributed by atoms with van der Waals surface area (Å²) in [6.45, 7) is 23.7. The summed E-state index contributed by atoms with van der Waals surface area (Å²) in [6, 6.07) is 13.3. The maximum Gasteiger partial charge on any atom is 0.209 e. The van der Waals surface area contributed by atoms with Crippen LogP contribution in [0.1, 0.15) is 183 Å². The third kappa shape index (κ3) is 13.2. The number of aliphatic hydroxyl groups is 2. The van der Waals surface area contributed by atoms with E-state index in [0.717, 1.165) is 37.3 Å². The number of sulfonamides is 2. The highest BCUT2D eigenvalue weighted by Gasteiger charge is 2.51. The molecule has 0 radical (unpaired) electrons. The van der Waals surface area contributed by atoms with Crippen molar-refractivity contribution in [3.63, 3.8) is 0 Å². The summed E-state index contributed by atoms with van der Waals surface area (Å²) in [7, 11) is -6.59. The van der Waals surface area contributed by atoms with Gasteiger partial charge < -0.3 is 10.2 Å². The van der Waals surface area contributed by atoms with Crippen LogP contribution in [0.25, 0.3) is 5.57 Å². The van der Waals surface area contributed by atoms with Gasteiger partial charge in [0.05, 0.1) is 19.1 Å². The van der Waals surface area contributed by atoms with Crippen LogP contribution in [0.2, 0.25) is 0 Å². The fourth-order valence-corrected chi connectivity index (χ4v) is 10.7. The molecule has 10 heteroatoms. The maximum absolute atomic E-state index is 11.1. The Kier molecular flexibility index (Phi) is 18.4. The number of benzene rings is 2. The molecule has 2 aromatic carbocycles. The first-order chi connectivity index (χ1) is 25.2. The molecular weight excluding hydrogens is 765 g/mol. The normalized spacial score (nSPS) is 26.2. The zero-order valence-electron chi connectivity index (χ0n) is 35.9. The van der Waals surface area contributed by atoms with Crippen LogP contribution in [-0.4, -0.2) is 64.9 Å². The molecule has 6 rings (SSSR count). The molecule has 2 saturated carbocycles. The minimum atomic E-state index is -3.30. The van der Waals surface area contributed by atoms with Gasteiger partial charge >= 0.3 is 0 Å². The lowest BCUT2D eigenvalue weighted by Gasteiger charge is -2.42. The molecule has 0 unspecified atom stereocenters. The third-order valence-corrected chi connectivity index (χ3v) is 14.8. The van der Waals surface area contributed by atoms with E-state index in [1.54, 1.807) is 0 Å². The molecule has 2 fully saturated rings. The molecular formula is C48H84N2O6S2. The van der Waals surface area contributed by atoms with E-state index in [1.807, 2.05) is 6.08 Å². The number of fused-ring (bicyclic) bond motifs is 2. The van der Waals surface area contributed by atoms with Crippen molar-refractivity contribution < 1.29 is 27.0 Å². The summed E-state index contributed by atoms with van der Waals surface area (Å²) in [5, 5.41) is 18.5. The van der Waals surface area contributed by atoms with Gasteiger partial charge in [0.1, 0.15) is 0 Å². The summed E-state index contributed by atoms with van der Waals surface area (Å²) in [6.07, 6.45) is 13.3. The van der Waals surface area contributed by atoms with Crippen molar-refractivity contribution in [2.75, 3.05) is 25.7 Å². The molecule has 0 bridgehead atoms. The van der Waals surface area contributed by atoms with E-state index in [2.05, 4.69) is 115 Å². The molecule has 58 heavy (non-hydrogen) atoms. The topological polar surface area (TPSA) is 133 Å². The molecule has 0 spiro atoms. The van der Waals surface area contributed by atoms with Crippen molar-refractivity contribution >= 4 is 25.6 Å². The van der Waals surface area contributed by atoms with Gasteiger partial charge in [0.2, 0.25) is 20.0 Å². The van der Waals surface area contributed by atoms with E-state index >= 15 is 0 Å². The molecule has 4 aliphatic carbocycles. The predicted molar refractivity (Wildman–Crippen MR) is 249 cm³/mol. The van der Waals surface area contributed by atoms with E-state index in [-0.39, 0.29) is 62.6 Å². The Labute approximate surface area is 356 Å². The van der Waals surface area contributed by atoms with Crippen molar-refractivity contribution in [1.82, 2.24) is 9.44 Å². The number of allylic oxidation sites excluding steroid dienone is 1. The van der Waals surface area contributed by atoms with Crippen LogP contribution in [0, 0.1) is 5.92 Å². The quantitative estimate of drug-likeness (QED) is 0.209. The summed E-state index contributed by atoms with van der Waals surface area (Å²) in [5.41, 5.74) is 11.2. The lowest BCUT2D eigenvalue weighted by molar-refractivity contribution is 0.265. The van der Waals surface area contributed by atoms with E-state index in [1.165, 1.54) is 59.1 Å². The van der Waals surface area contributed by atoms with Crippen molar-refractivity contribution in [1.29, 1.82) is 0 Å². The van der Waals surface area contributed by atoms with Crippen LogP contribution in [-0.2, 0) is 47.1 Å². The van der Waals surface area contributed by atoms with Gasteiger partial charge in [-0.15, -0.1) is 0 Å². The zero-order chi connectivity index (χ0) is 41.4. The minimum absolute atomic E-state index is 0. The average molecular weight is 849 g/mol. The molecule has 0 amide bonds. The first kappa shape index (κ1) is 53.9. The predicted octanol–water partition coefficient (Wildman–Crippen LogP) is 10.0. The first-order valence-electron chi connectivity index (χ1n) is 20.3. The van der Waals surface area contributed by atoms with Crippen molar-refractivity contribution in [3.05, 3.63) is 75.9 Å². The average Bonchev–Trinajstić information content (AvgIpc) is 3.77. The highest BCUT2D eigenvalue weighted by Crippen LogP contribution is 2.55. The van der Waals surface area contributed by atoms with Gasteiger partial charge in [0.15, 0.2) is 0 Å². The van der Waals surface area contributed by atoms with E-state index in [0.29, 0.717) is 30.8 Å². The van der Waals surface area contributed by atoms with Gasteiger partial charge in [-0.2, -0.15) is 0 Å². The highest BCUT2D eigenvalue weighted by molar-refractivity contribution is 7.89. The van der Waals surface area contributed by atoms with Crippen LogP contribution < -0.4 is 9.44 Å². The van der Waals surface area contributed by atoms with Crippen LogP contribution in [0.15, 0.2) is 42.5 Å². The zero-order valence-corrected chi connectivity index (χ0v) is 37.5. The van der Waals surface area contributed by atoms with Crippen LogP contribution in [0.4, 0.5) is 0 Å². The Morgan fingerprint density at radius 2 is 1.05 bits per heavy atom. The molecule has 4 N–H and O–H groups in total. The number of nitrogens with one attached hydrogen (secondary N) is 2. The molecule has 0 saturated heterocycles. The van der Waals surface area contributed by atoms with Gasteiger partial charge in [-0.05, 0) is 124 Å². The molecule has 334 valence electrons. The van der Waals surface area contributed by atoms with Gasteiger partial charge in [0, 0.05) is 18.7 Å². The molecule has 0 aromatic heterocycles. The molecule has 2 aromatic rings. The monoisotopic (exact) mass is 849 g/mol. The van der Waals surface area contributed by atoms with Gasteiger partial charge in [-0.25, -0.2) is 26.3 Å². The van der Waals surface area contributed by atoms with Gasteiger partial charge in [0.25, 0.3) is 0 Å². The number of hydrogen-bond acceptors (Lipinski definition) is 6. The molecule has 0 heterocycles. The van der Waals surface area contributed by atoms with E-state index < -0.39 is 20.0 Å². The van der Waals surface area contributed by atoms with Gasteiger partial charge in [-0.3, -0.25) is 0 Å². The first-order valence-corrected chi connectivity index (χ1v) is 24.1. The summed E-state index contributed by atoms with van der Waals surface area (Å²) in [4.78, 5) is 0. The van der Waals surface area contributed by atoms with E-state index in [9.17, 15) is 21.9 Å². The summed E-state index contributed by atoms with van der Waals surface area (Å²) < 4.78 is 49.4. The molecule has 0 aliphatic heterocycles. The lowest BCUT2D eigenvalue weighted by Crippen LogP contribution is -2.52. The molecule has 4 atom stereocenters. The summed E-state index contributed by atoms with van der Waals surface area (Å²) >= 11 is 0. The van der Waals surface area contributed by atoms with Crippen molar-refractivity contribution in [2.45, 2.75) is 188 Å². The highest BCUT2D eigenvalue weighted by atomic mass is 32.2. The lowest BCUT2D eigenvalue weighted by atomic mass is 9.62. The SMILES string of the molecule is C.C.C.C/C(=C/CO)c1ccc2c(c1)C(C)(C)CCC2(C)C.CC1(C)CCC(C)(C)c2cc([C@@]3(C)C[C@H]3CO)ccc21.CS(=O)(=O)N[C@H]1CCCC[C@@H]1NS(C)(=O)=O. The second kappa shape index (κ2) is 19.7. The van der Waals surface area contributed by atoms with Gasteiger partial charge in [-0.1, -0.05) is 140 Å². The van der Waals surface area contributed by atoms with Crippen molar-refractivity contribution in [2.24, 2.45) is 5.92 Å². The fourth-order valence-electron chi connectivity index (χ4n) is 9.07. The third-order valence-electron chi connectivity index (χ3n) is 13.3. The fraction of sp³-hybridized carbons (Fsp3) is 0.708. The Morgan fingerprint density at radius 1 is 0.655 bits per heavy atom. The largest absolute Gasteiger partial charge is 0.396 e. The maximum atomic E-state index is 11.1. The van der Waals surface area contributed by atoms with E-state index in [4.69, 9.17) is 5.11 Å². The summed E-state index contributed by atoms with van der Waals surface area (Å²) in [5.74, 6) is 0.459. The van der Waals surface area contributed by atoms with Crippen LogP contribution in [0.5, 0.6) is 0 Å². The number of rotatable bonds is 8. The molecule has 8 nitrogen and oxygen atoms in total. The Hall–Kier alpha value is -2.08. The standard InChI is InChI=1S/C19H28O.C18H26O.C8H18N2O4S2.3CH4/c1-17(2)8-9-18(3,4)16-10-13(6-7-15(16)17)19(5)11-14(19)12-20;1-13(8-11-19)14-6-7-15-16(12-14)18(4,5)10-9-17(15,2)3;1-15(11,12)9-7-5-3-4-6-8(7)10-16(2,13)14;;;/h6-7,10,14,20H,8-9,11-12H2,1-5H3;6-8,12,19H,9-11H2,1-5H3;7-10H,3-6H2,1-2H3;3*1H4/b;13-8-;;;;/t14-,19+;;7-,8-;;;/m0.0.../s1. The second-order valence-corrected chi connectivity index (χ2v) is 23.5. The second-order valence-electron chi connectivity index (χ2n) is 19.9. The Balaban J connectivity index is 0.000000427. The Morgan fingerprint density at radius 3 is 1.43 bits per heavy atom. The smallest absolute Gasteiger partial charge is 0.209 e. The number of aliphatic hydroxyl groups excluding tert-OH is 2.